The molecule has 0 radical (unpaired) electrons. The Hall–Kier alpha value is -2.02. The van der Waals surface area contributed by atoms with Crippen molar-refractivity contribution in [1.82, 2.24) is 5.32 Å². The number of carbonyl (C=O) groups excluding carboxylic acids is 1. The zero-order chi connectivity index (χ0) is 15.4. The molecule has 6 nitrogen and oxygen atoms in total. The van der Waals surface area contributed by atoms with E-state index in [4.69, 9.17) is 0 Å². The van der Waals surface area contributed by atoms with E-state index in [0.29, 0.717) is 0 Å². The molecule has 2 rings (SSSR count). The summed E-state index contributed by atoms with van der Waals surface area (Å²) in [5.41, 5.74) is -0.715. The van der Waals surface area contributed by atoms with Crippen molar-refractivity contribution >= 4 is 11.6 Å². The third kappa shape index (κ3) is 3.55. The number of nitro groups is 1. The highest BCUT2D eigenvalue weighted by Gasteiger charge is 2.28. The molecule has 21 heavy (non-hydrogen) atoms. The molecule has 0 aromatic heterocycles. The van der Waals surface area contributed by atoms with Crippen LogP contribution >= 0.6 is 0 Å². The lowest BCUT2D eigenvalue weighted by Gasteiger charge is -2.30. The molecule has 7 heteroatoms. The SMILES string of the molecule is O=C(NC1CCCCC1CO)c1ccc(F)cc1[N+](=O)[O-]. The van der Waals surface area contributed by atoms with E-state index in [0.717, 1.165) is 43.9 Å². The highest BCUT2D eigenvalue weighted by atomic mass is 19.1. The Morgan fingerprint density at radius 2 is 2.14 bits per heavy atom. The van der Waals surface area contributed by atoms with Crippen LogP contribution in [0.2, 0.25) is 0 Å². The zero-order valence-electron chi connectivity index (χ0n) is 11.4. The minimum Gasteiger partial charge on any atom is -0.396 e. The van der Waals surface area contributed by atoms with Crippen molar-refractivity contribution in [3.8, 4) is 0 Å². The maximum Gasteiger partial charge on any atom is 0.285 e. The first-order valence-electron chi connectivity index (χ1n) is 6.88. The smallest absolute Gasteiger partial charge is 0.285 e. The second-order valence-electron chi connectivity index (χ2n) is 5.23. The van der Waals surface area contributed by atoms with Crippen LogP contribution < -0.4 is 5.32 Å². The van der Waals surface area contributed by atoms with Crippen LogP contribution in [-0.2, 0) is 0 Å². The Morgan fingerprint density at radius 1 is 1.43 bits per heavy atom. The molecule has 1 aliphatic rings. The van der Waals surface area contributed by atoms with Crippen molar-refractivity contribution in [3.63, 3.8) is 0 Å². The summed E-state index contributed by atoms with van der Waals surface area (Å²) in [5.74, 6) is -1.40. The third-order valence-electron chi connectivity index (χ3n) is 3.86. The van der Waals surface area contributed by atoms with Gasteiger partial charge < -0.3 is 10.4 Å². The molecule has 1 aromatic carbocycles. The number of halogens is 1. The van der Waals surface area contributed by atoms with Crippen LogP contribution in [0.5, 0.6) is 0 Å². The van der Waals surface area contributed by atoms with Crippen LogP contribution in [0.3, 0.4) is 0 Å². The van der Waals surface area contributed by atoms with E-state index >= 15 is 0 Å². The standard InChI is InChI=1S/C14H17FN2O4/c15-10-5-6-11(13(7-10)17(20)21)14(19)16-12-4-2-1-3-9(12)8-18/h5-7,9,12,18H,1-4,8H2,(H,16,19). The Morgan fingerprint density at radius 3 is 2.81 bits per heavy atom. The van der Waals surface area contributed by atoms with Crippen LogP contribution in [0.1, 0.15) is 36.0 Å². The number of aliphatic hydroxyl groups excluding tert-OH is 1. The number of amides is 1. The van der Waals surface area contributed by atoms with Crippen LogP contribution in [0, 0.1) is 21.8 Å². The first-order chi connectivity index (χ1) is 10.0. The second-order valence-corrected chi connectivity index (χ2v) is 5.23. The molecule has 1 saturated carbocycles. The molecule has 114 valence electrons. The Kier molecular flexibility index (Phi) is 4.85. The van der Waals surface area contributed by atoms with Crippen molar-refractivity contribution in [2.75, 3.05) is 6.61 Å². The highest BCUT2D eigenvalue weighted by molar-refractivity contribution is 5.98. The fourth-order valence-corrected chi connectivity index (χ4v) is 2.71. The number of nitrogens with one attached hydrogen (secondary N) is 1. The number of nitrogens with zero attached hydrogens (tertiary/aromatic N) is 1. The van der Waals surface area contributed by atoms with Crippen LogP contribution in [0.25, 0.3) is 0 Å². The minimum atomic E-state index is -0.775. The largest absolute Gasteiger partial charge is 0.396 e. The molecule has 0 saturated heterocycles. The zero-order valence-corrected chi connectivity index (χ0v) is 11.4. The summed E-state index contributed by atoms with van der Waals surface area (Å²) in [4.78, 5) is 22.3. The first kappa shape index (κ1) is 15.4. The number of benzene rings is 1. The van der Waals surface area contributed by atoms with E-state index in [1.54, 1.807) is 0 Å². The lowest BCUT2D eigenvalue weighted by Crippen LogP contribution is -2.43. The number of hydrogen-bond donors (Lipinski definition) is 2. The van der Waals surface area contributed by atoms with Gasteiger partial charge in [0.05, 0.1) is 11.0 Å². The number of hydrogen-bond acceptors (Lipinski definition) is 4. The average molecular weight is 296 g/mol. The Bertz CT molecular complexity index is 550. The maximum atomic E-state index is 13.1. The molecule has 0 heterocycles. The quantitative estimate of drug-likeness (QED) is 0.656. The van der Waals surface area contributed by atoms with Gasteiger partial charge in [-0.05, 0) is 25.0 Å². The molecule has 0 spiro atoms. The summed E-state index contributed by atoms with van der Waals surface area (Å²) in [6.45, 7) is -0.0313. The van der Waals surface area contributed by atoms with Crippen molar-refractivity contribution < 1.29 is 19.2 Å². The monoisotopic (exact) mass is 296 g/mol. The summed E-state index contributed by atoms with van der Waals surface area (Å²) < 4.78 is 13.1. The molecule has 1 amide bonds. The summed E-state index contributed by atoms with van der Waals surface area (Å²) in [5, 5.41) is 23.0. The topological polar surface area (TPSA) is 92.5 Å². The number of aliphatic hydroxyl groups is 1. The van der Waals surface area contributed by atoms with Gasteiger partial charge in [-0.25, -0.2) is 4.39 Å². The molecular weight excluding hydrogens is 279 g/mol. The van der Waals surface area contributed by atoms with Gasteiger partial charge in [0.25, 0.3) is 11.6 Å². The molecule has 2 N–H and O–H groups in total. The van der Waals surface area contributed by atoms with E-state index in [1.807, 2.05) is 0 Å². The van der Waals surface area contributed by atoms with Crippen molar-refractivity contribution in [2.45, 2.75) is 31.7 Å². The molecule has 1 aromatic rings. The van der Waals surface area contributed by atoms with Crippen LogP contribution in [-0.4, -0.2) is 28.6 Å². The Labute approximate surface area is 121 Å². The lowest BCUT2D eigenvalue weighted by atomic mass is 9.85. The number of nitro benzene ring substituents is 1. The molecular formula is C14H17FN2O4. The summed E-state index contributed by atoms with van der Waals surface area (Å²) in [6, 6.07) is 2.66. The van der Waals surface area contributed by atoms with Crippen molar-refractivity contribution in [3.05, 3.63) is 39.7 Å². The first-order valence-corrected chi connectivity index (χ1v) is 6.88. The maximum absolute atomic E-state index is 13.1. The van der Waals surface area contributed by atoms with E-state index in [-0.39, 0.29) is 24.1 Å². The normalized spacial score (nSPS) is 21.8. The van der Waals surface area contributed by atoms with Crippen molar-refractivity contribution in [1.29, 1.82) is 0 Å². The van der Waals surface area contributed by atoms with Gasteiger partial charge in [0.2, 0.25) is 0 Å². The Balaban J connectivity index is 2.18. The van der Waals surface area contributed by atoms with Crippen LogP contribution in [0.15, 0.2) is 18.2 Å². The van der Waals surface area contributed by atoms with Gasteiger partial charge in [0.1, 0.15) is 11.4 Å². The average Bonchev–Trinajstić information content (AvgIpc) is 2.47. The predicted molar refractivity (Wildman–Crippen MR) is 73.4 cm³/mol. The fourth-order valence-electron chi connectivity index (χ4n) is 2.71. The van der Waals surface area contributed by atoms with Gasteiger partial charge in [-0.15, -0.1) is 0 Å². The second kappa shape index (κ2) is 6.62. The number of carbonyl (C=O) groups is 1. The van der Waals surface area contributed by atoms with Gasteiger partial charge in [-0.1, -0.05) is 12.8 Å². The molecule has 2 unspecified atom stereocenters. The molecule has 0 bridgehead atoms. The molecule has 2 atom stereocenters. The highest BCUT2D eigenvalue weighted by Crippen LogP contribution is 2.25. The minimum absolute atomic E-state index is 0.0313. The molecule has 1 fully saturated rings. The van der Waals surface area contributed by atoms with Gasteiger partial charge >= 0.3 is 0 Å². The van der Waals surface area contributed by atoms with Crippen LogP contribution in [0.4, 0.5) is 10.1 Å². The van der Waals surface area contributed by atoms with E-state index in [2.05, 4.69) is 5.32 Å². The van der Waals surface area contributed by atoms with Gasteiger partial charge in [0.15, 0.2) is 0 Å². The van der Waals surface area contributed by atoms with Gasteiger partial charge in [-0.3, -0.25) is 14.9 Å². The van der Waals surface area contributed by atoms with Gasteiger partial charge in [-0.2, -0.15) is 0 Å². The molecule has 1 aliphatic carbocycles. The van der Waals surface area contributed by atoms with Crippen molar-refractivity contribution in [2.24, 2.45) is 5.92 Å². The van der Waals surface area contributed by atoms with E-state index < -0.39 is 22.3 Å². The van der Waals surface area contributed by atoms with E-state index in [1.165, 1.54) is 0 Å². The summed E-state index contributed by atoms with van der Waals surface area (Å²) >= 11 is 0. The lowest BCUT2D eigenvalue weighted by molar-refractivity contribution is -0.385. The predicted octanol–water partition coefficient (Wildman–Crippen LogP) is 2.01. The summed E-state index contributed by atoms with van der Waals surface area (Å²) in [6.07, 6.45) is 3.47. The summed E-state index contributed by atoms with van der Waals surface area (Å²) in [7, 11) is 0. The third-order valence-corrected chi connectivity index (χ3v) is 3.86. The number of rotatable bonds is 4. The molecule has 0 aliphatic heterocycles. The van der Waals surface area contributed by atoms with Gasteiger partial charge in [0, 0.05) is 18.6 Å². The van der Waals surface area contributed by atoms with E-state index in [9.17, 15) is 24.4 Å². The fraction of sp³-hybridized carbons (Fsp3) is 0.500.